The van der Waals surface area contributed by atoms with Crippen molar-refractivity contribution in [2.75, 3.05) is 11.9 Å². The minimum atomic E-state index is -0.651. The molecule has 5 heteroatoms. The van der Waals surface area contributed by atoms with Gasteiger partial charge in [-0.25, -0.2) is 0 Å². The lowest BCUT2D eigenvalue weighted by atomic mass is 9.79. The van der Waals surface area contributed by atoms with Gasteiger partial charge in [0.25, 0.3) is 5.91 Å². The van der Waals surface area contributed by atoms with Crippen LogP contribution in [0.3, 0.4) is 0 Å². The first-order valence-electron chi connectivity index (χ1n) is 8.67. The molecule has 0 spiro atoms. The van der Waals surface area contributed by atoms with E-state index in [0.29, 0.717) is 11.3 Å². The first kappa shape index (κ1) is 17.7. The molecule has 2 aromatic carbocycles. The molecule has 1 amide bonds. The highest BCUT2D eigenvalue weighted by Gasteiger charge is 2.44. The summed E-state index contributed by atoms with van der Waals surface area (Å²) in [5, 5.41) is 11.5. The molecule has 0 unspecified atom stereocenters. The third kappa shape index (κ3) is 3.75. The smallest absolute Gasteiger partial charge is 0.317 e. The number of nitrogens with zero attached hydrogens (tertiary/aromatic N) is 1. The summed E-state index contributed by atoms with van der Waals surface area (Å²) in [6, 6.07) is 18.2. The molecular formula is C21H20N2O3. The average molecular weight is 348 g/mol. The highest BCUT2D eigenvalue weighted by Crippen LogP contribution is 2.42. The Labute approximate surface area is 152 Å². The third-order valence-electron chi connectivity index (χ3n) is 4.78. The molecular weight excluding hydrogens is 328 g/mol. The molecule has 1 saturated carbocycles. The number of esters is 1. The maximum Gasteiger partial charge on any atom is 0.317 e. The predicted molar refractivity (Wildman–Crippen MR) is 97.3 cm³/mol. The van der Waals surface area contributed by atoms with E-state index in [9.17, 15) is 9.59 Å². The summed E-state index contributed by atoms with van der Waals surface area (Å²) >= 11 is 0. The second kappa shape index (κ2) is 7.83. The van der Waals surface area contributed by atoms with E-state index in [2.05, 4.69) is 5.32 Å². The van der Waals surface area contributed by atoms with Crippen LogP contribution in [0.4, 0.5) is 5.69 Å². The summed E-state index contributed by atoms with van der Waals surface area (Å²) in [6.07, 6.45) is 3.41. The fourth-order valence-corrected chi connectivity index (χ4v) is 3.48. The number of carbonyl (C=O) groups is 2. The lowest BCUT2D eigenvalue weighted by Crippen LogP contribution is -2.36. The Bertz CT molecular complexity index is 834. The van der Waals surface area contributed by atoms with E-state index in [1.54, 1.807) is 24.3 Å². The first-order valence-corrected chi connectivity index (χ1v) is 8.67. The summed E-state index contributed by atoms with van der Waals surface area (Å²) in [6.45, 7) is -0.343. The van der Waals surface area contributed by atoms with Gasteiger partial charge in [0.1, 0.15) is 0 Å². The van der Waals surface area contributed by atoms with Gasteiger partial charge in [-0.05, 0) is 36.6 Å². The highest BCUT2D eigenvalue weighted by molar-refractivity contribution is 5.94. The number of benzene rings is 2. The van der Waals surface area contributed by atoms with E-state index in [-0.39, 0.29) is 12.6 Å². The average Bonchev–Trinajstić information content (AvgIpc) is 3.18. The third-order valence-corrected chi connectivity index (χ3v) is 4.78. The van der Waals surface area contributed by atoms with Crippen LogP contribution in [0.25, 0.3) is 0 Å². The molecule has 1 aliphatic rings. The lowest BCUT2D eigenvalue weighted by Gasteiger charge is -2.27. The van der Waals surface area contributed by atoms with Crippen molar-refractivity contribution in [1.82, 2.24) is 0 Å². The summed E-state index contributed by atoms with van der Waals surface area (Å²) < 4.78 is 5.36. The first-order chi connectivity index (χ1) is 12.6. The Morgan fingerprint density at radius 3 is 2.50 bits per heavy atom. The molecule has 26 heavy (non-hydrogen) atoms. The second-order valence-corrected chi connectivity index (χ2v) is 6.47. The standard InChI is InChI=1S/C21H20N2O3/c22-14-16-7-6-10-18(13-16)23-19(24)15-26-20(25)21(11-4-5-12-21)17-8-2-1-3-9-17/h1-3,6-10,13H,4-5,11-12,15H2,(H,23,24). The summed E-state index contributed by atoms with van der Waals surface area (Å²) in [7, 11) is 0. The Hall–Kier alpha value is -3.13. The molecule has 5 nitrogen and oxygen atoms in total. The van der Waals surface area contributed by atoms with Gasteiger partial charge in [0, 0.05) is 5.69 Å². The summed E-state index contributed by atoms with van der Waals surface area (Å²) in [4.78, 5) is 24.9. The van der Waals surface area contributed by atoms with Crippen molar-refractivity contribution in [3.63, 3.8) is 0 Å². The van der Waals surface area contributed by atoms with Crippen molar-refractivity contribution in [2.45, 2.75) is 31.1 Å². The summed E-state index contributed by atoms with van der Waals surface area (Å²) in [5.74, 6) is -0.767. The van der Waals surface area contributed by atoms with Gasteiger partial charge in [-0.3, -0.25) is 9.59 Å². The van der Waals surface area contributed by atoms with Gasteiger partial charge in [-0.15, -0.1) is 0 Å². The number of nitriles is 1. The molecule has 1 aliphatic carbocycles. The zero-order valence-corrected chi connectivity index (χ0v) is 14.4. The Balaban J connectivity index is 1.64. The molecule has 0 aromatic heterocycles. The lowest BCUT2D eigenvalue weighted by molar-refractivity contribution is -0.153. The van der Waals surface area contributed by atoms with Crippen molar-refractivity contribution < 1.29 is 14.3 Å². The molecule has 0 atom stereocenters. The van der Waals surface area contributed by atoms with Crippen molar-refractivity contribution in [1.29, 1.82) is 5.26 Å². The van der Waals surface area contributed by atoms with Gasteiger partial charge >= 0.3 is 5.97 Å². The number of nitrogens with one attached hydrogen (secondary N) is 1. The molecule has 132 valence electrons. The van der Waals surface area contributed by atoms with Crippen molar-refractivity contribution in [3.8, 4) is 6.07 Å². The number of carbonyl (C=O) groups excluding carboxylic acids is 2. The molecule has 0 radical (unpaired) electrons. The van der Waals surface area contributed by atoms with E-state index < -0.39 is 11.3 Å². The van der Waals surface area contributed by atoms with E-state index >= 15 is 0 Å². The van der Waals surface area contributed by atoms with E-state index in [1.807, 2.05) is 36.4 Å². The highest BCUT2D eigenvalue weighted by atomic mass is 16.5. The van der Waals surface area contributed by atoms with Gasteiger partial charge in [-0.1, -0.05) is 49.2 Å². The van der Waals surface area contributed by atoms with Gasteiger partial charge in [0.15, 0.2) is 6.61 Å². The zero-order chi connectivity index (χ0) is 18.4. The number of ether oxygens (including phenoxy) is 1. The Kier molecular flexibility index (Phi) is 5.33. The molecule has 1 fully saturated rings. The van der Waals surface area contributed by atoms with Crippen LogP contribution in [-0.4, -0.2) is 18.5 Å². The monoisotopic (exact) mass is 348 g/mol. The van der Waals surface area contributed by atoms with Crippen LogP contribution in [0.1, 0.15) is 36.8 Å². The van der Waals surface area contributed by atoms with Crippen molar-refractivity contribution in [2.24, 2.45) is 0 Å². The van der Waals surface area contributed by atoms with Gasteiger partial charge < -0.3 is 10.1 Å². The van der Waals surface area contributed by atoms with Crippen LogP contribution >= 0.6 is 0 Å². The quantitative estimate of drug-likeness (QED) is 0.838. The number of hydrogen-bond acceptors (Lipinski definition) is 4. The fourth-order valence-electron chi connectivity index (χ4n) is 3.48. The minimum Gasteiger partial charge on any atom is -0.455 e. The normalized spacial score (nSPS) is 15.0. The van der Waals surface area contributed by atoms with Gasteiger partial charge in [0.2, 0.25) is 0 Å². The Morgan fingerprint density at radius 1 is 1.08 bits per heavy atom. The van der Waals surface area contributed by atoms with Crippen LogP contribution in [0.5, 0.6) is 0 Å². The van der Waals surface area contributed by atoms with Crippen LogP contribution < -0.4 is 5.32 Å². The van der Waals surface area contributed by atoms with Crippen LogP contribution in [0, 0.1) is 11.3 Å². The number of amides is 1. The largest absolute Gasteiger partial charge is 0.455 e. The molecule has 0 aliphatic heterocycles. The maximum atomic E-state index is 12.8. The molecule has 0 heterocycles. The molecule has 3 rings (SSSR count). The molecule has 0 bridgehead atoms. The molecule has 1 N–H and O–H groups in total. The topological polar surface area (TPSA) is 79.2 Å². The summed E-state index contributed by atoms with van der Waals surface area (Å²) in [5.41, 5.74) is 1.25. The minimum absolute atomic E-state index is 0.343. The van der Waals surface area contributed by atoms with E-state index in [0.717, 1.165) is 31.2 Å². The van der Waals surface area contributed by atoms with Crippen molar-refractivity contribution >= 4 is 17.6 Å². The zero-order valence-electron chi connectivity index (χ0n) is 14.4. The second-order valence-electron chi connectivity index (χ2n) is 6.47. The fraction of sp³-hybridized carbons (Fsp3) is 0.286. The maximum absolute atomic E-state index is 12.8. The predicted octanol–water partition coefficient (Wildman–Crippen LogP) is 3.55. The van der Waals surface area contributed by atoms with E-state index in [1.165, 1.54) is 0 Å². The van der Waals surface area contributed by atoms with Crippen LogP contribution in [0.2, 0.25) is 0 Å². The van der Waals surface area contributed by atoms with Crippen LogP contribution in [-0.2, 0) is 19.7 Å². The SMILES string of the molecule is N#Cc1cccc(NC(=O)COC(=O)C2(c3ccccc3)CCCC2)c1. The van der Waals surface area contributed by atoms with Crippen LogP contribution in [0.15, 0.2) is 54.6 Å². The van der Waals surface area contributed by atoms with Gasteiger partial charge in [-0.2, -0.15) is 5.26 Å². The Morgan fingerprint density at radius 2 is 1.81 bits per heavy atom. The van der Waals surface area contributed by atoms with E-state index in [4.69, 9.17) is 10.00 Å². The van der Waals surface area contributed by atoms with Gasteiger partial charge in [0.05, 0.1) is 17.0 Å². The molecule has 2 aromatic rings. The number of rotatable bonds is 5. The van der Waals surface area contributed by atoms with Crippen molar-refractivity contribution in [3.05, 3.63) is 65.7 Å². The number of hydrogen-bond donors (Lipinski definition) is 1. The number of anilines is 1. The molecule has 0 saturated heterocycles.